The summed E-state index contributed by atoms with van der Waals surface area (Å²) in [6, 6.07) is 7.06. The third-order valence-electron chi connectivity index (χ3n) is 3.01. The molecule has 0 spiro atoms. The normalized spacial score (nSPS) is 10.8. The smallest absolute Gasteiger partial charge is 0.0716 e. The molecule has 0 saturated heterocycles. The lowest BCUT2D eigenvalue weighted by atomic mass is 10.1. The van der Waals surface area contributed by atoms with Gasteiger partial charge < -0.3 is 10.1 Å². The molecule has 0 atom stereocenters. The number of aryl methyl sites for hydroxylation is 1. The van der Waals surface area contributed by atoms with E-state index in [1.165, 1.54) is 16.8 Å². The molecule has 0 amide bonds. The van der Waals surface area contributed by atoms with Gasteiger partial charge in [-0.15, -0.1) is 0 Å². The molecule has 0 aliphatic carbocycles. The Hall–Kier alpha value is -1.02. The zero-order chi connectivity index (χ0) is 12.0. The summed E-state index contributed by atoms with van der Waals surface area (Å²) in [7, 11) is 1.74. The molecular weight excluding hydrogens is 198 g/mol. The van der Waals surface area contributed by atoms with Crippen LogP contribution in [0.3, 0.4) is 0 Å². The maximum absolute atomic E-state index is 5.19. The molecule has 2 heteroatoms. The molecule has 0 aliphatic rings. The molecule has 0 saturated carbocycles. The van der Waals surface area contributed by atoms with Gasteiger partial charge >= 0.3 is 0 Å². The summed E-state index contributed by atoms with van der Waals surface area (Å²) in [6.07, 6.45) is 2.31. The van der Waals surface area contributed by atoms with Gasteiger partial charge in [0.2, 0.25) is 0 Å². The first-order valence-electron chi connectivity index (χ1n) is 6.06. The van der Waals surface area contributed by atoms with Gasteiger partial charge in [0.05, 0.1) is 6.61 Å². The monoisotopic (exact) mass is 221 g/mol. The first-order chi connectivity index (χ1) is 7.71. The van der Waals surface area contributed by atoms with Crippen molar-refractivity contribution >= 4 is 5.69 Å². The quantitative estimate of drug-likeness (QED) is 0.790. The van der Waals surface area contributed by atoms with E-state index in [1.54, 1.807) is 7.11 Å². The van der Waals surface area contributed by atoms with E-state index in [0.29, 0.717) is 12.6 Å². The second-order valence-electron chi connectivity index (χ2n) is 4.23. The van der Waals surface area contributed by atoms with Crippen molar-refractivity contribution in [3.05, 3.63) is 29.3 Å². The molecule has 1 aromatic carbocycles. The van der Waals surface area contributed by atoms with Crippen molar-refractivity contribution in [2.75, 3.05) is 12.4 Å². The number of nitrogens with one attached hydrogen (secondary N) is 1. The predicted octanol–water partition coefficient (Wildman–Crippen LogP) is 3.74. The number of rotatable bonds is 6. The van der Waals surface area contributed by atoms with Crippen LogP contribution in [0.15, 0.2) is 18.2 Å². The molecule has 1 N–H and O–H groups in total. The molecule has 0 unspecified atom stereocenters. The third-order valence-corrected chi connectivity index (χ3v) is 3.01. The number of anilines is 1. The molecule has 0 fully saturated rings. The minimum atomic E-state index is 0.568. The molecule has 2 nitrogen and oxygen atoms in total. The fourth-order valence-corrected chi connectivity index (χ4v) is 1.80. The van der Waals surface area contributed by atoms with E-state index in [1.807, 2.05) is 0 Å². The van der Waals surface area contributed by atoms with Crippen molar-refractivity contribution in [2.24, 2.45) is 0 Å². The Labute approximate surface area is 99.0 Å². The van der Waals surface area contributed by atoms with Crippen LogP contribution >= 0.6 is 0 Å². The van der Waals surface area contributed by atoms with Gasteiger partial charge in [0.1, 0.15) is 0 Å². The lowest BCUT2D eigenvalue weighted by Gasteiger charge is -2.17. The zero-order valence-corrected chi connectivity index (χ0v) is 10.8. The van der Waals surface area contributed by atoms with Crippen LogP contribution in [0.4, 0.5) is 5.69 Å². The first-order valence-corrected chi connectivity index (χ1v) is 6.06. The van der Waals surface area contributed by atoms with Gasteiger partial charge in [-0.2, -0.15) is 0 Å². The number of hydrogen-bond donors (Lipinski definition) is 1. The summed E-state index contributed by atoms with van der Waals surface area (Å²) in [6.45, 7) is 7.23. The maximum atomic E-state index is 5.19. The van der Waals surface area contributed by atoms with Gasteiger partial charge in [-0.3, -0.25) is 0 Å². The largest absolute Gasteiger partial charge is 0.382 e. The third kappa shape index (κ3) is 3.53. The Kier molecular flexibility index (Phi) is 5.33. The molecule has 1 aromatic rings. The molecule has 16 heavy (non-hydrogen) atoms. The highest BCUT2D eigenvalue weighted by atomic mass is 16.5. The highest BCUT2D eigenvalue weighted by Crippen LogP contribution is 2.18. The summed E-state index contributed by atoms with van der Waals surface area (Å²) in [5.41, 5.74) is 3.75. The van der Waals surface area contributed by atoms with Crippen LogP contribution < -0.4 is 5.32 Å². The van der Waals surface area contributed by atoms with Crippen molar-refractivity contribution < 1.29 is 4.74 Å². The van der Waals surface area contributed by atoms with Crippen molar-refractivity contribution in [2.45, 2.75) is 46.3 Å². The summed E-state index contributed by atoms with van der Waals surface area (Å²) in [5, 5.41) is 3.55. The van der Waals surface area contributed by atoms with E-state index < -0.39 is 0 Å². The standard InChI is InChI=1S/C14H23NO/c1-5-13(6-2)15-14-8-7-11(3)12(9-14)10-16-4/h7-9,13,15H,5-6,10H2,1-4H3. The minimum absolute atomic E-state index is 0.568. The van der Waals surface area contributed by atoms with Crippen LogP contribution in [0.25, 0.3) is 0 Å². The van der Waals surface area contributed by atoms with Crippen LogP contribution in [-0.2, 0) is 11.3 Å². The van der Waals surface area contributed by atoms with Crippen molar-refractivity contribution in [1.82, 2.24) is 0 Å². The molecule has 0 heterocycles. The lowest BCUT2D eigenvalue weighted by molar-refractivity contribution is 0.184. The summed E-state index contributed by atoms with van der Waals surface area (Å²) >= 11 is 0. The Balaban J connectivity index is 2.77. The van der Waals surface area contributed by atoms with Crippen LogP contribution in [0.1, 0.15) is 37.8 Å². The molecule has 0 radical (unpaired) electrons. The zero-order valence-electron chi connectivity index (χ0n) is 10.8. The van der Waals surface area contributed by atoms with E-state index in [4.69, 9.17) is 4.74 Å². The van der Waals surface area contributed by atoms with Crippen LogP contribution in [0, 0.1) is 6.92 Å². The molecule has 1 rings (SSSR count). The van der Waals surface area contributed by atoms with Crippen molar-refractivity contribution in [3.8, 4) is 0 Å². The minimum Gasteiger partial charge on any atom is -0.382 e. The molecular formula is C14H23NO. The second-order valence-corrected chi connectivity index (χ2v) is 4.23. The topological polar surface area (TPSA) is 21.3 Å². The maximum Gasteiger partial charge on any atom is 0.0716 e. The number of methoxy groups -OCH3 is 1. The van der Waals surface area contributed by atoms with Crippen LogP contribution in [0.5, 0.6) is 0 Å². The summed E-state index contributed by atoms with van der Waals surface area (Å²) in [5.74, 6) is 0. The van der Waals surface area contributed by atoms with E-state index in [2.05, 4.69) is 44.3 Å². The summed E-state index contributed by atoms with van der Waals surface area (Å²) in [4.78, 5) is 0. The summed E-state index contributed by atoms with van der Waals surface area (Å²) < 4.78 is 5.19. The fraction of sp³-hybridized carbons (Fsp3) is 0.571. The van der Waals surface area contributed by atoms with Crippen molar-refractivity contribution in [1.29, 1.82) is 0 Å². The SMILES string of the molecule is CCC(CC)Nc1ccc(C)c(COC)c1. The molecule has 0 aliphatic heterocycles. The van der Waals surface area contributed by atoms with E-state index in [0.717, 1.165) is 12.8 Å². The second kappa shape index (κ2) is 6.54. The first kappa shape index (κ1) is 13.0. The van der Waals surface area contributed by atoms with Gasteiger partial charge in [-0.25, -0.2) is 0 Å². The predicted molar refractivity (Wildman–Crippen MR) is 69.9 cm³/mol. The van der Waals surface area contributed by atoms with E-state index in [-0.39, 0.29) is 0 Å². The average Bonchev–Trinajstić information content (AvgIpc) is 2.30. The van der Waals surface area contributed by atoms with E-state index >= 15 is 0 Å². The van der Waals surface area contributed by atoms with Gasteiger partial charge in [-0.1, -0.05) is 19.9 Å². The van der Waals surface area contributed by atoms with Crippen LogP contribution in [0.2, 0.25) is 0 Å². The fourth-order valence-electron chi connectivity index (χ4n) is 1.80. The Morgan fingerprint density at radius 2 is 1.94 bits per heavy atom. The highest BCUT2D eigenvalue weighted by molar-refractivity contribution is 5.49. The number of ether oxygens (including phenoxy) is 1. The Bertz CT molecular complexity index is 319. The number of hydrogen-bond acceptors (Lipinski definition) is 2. The average molecular weight is 221 g/mol. The van der Waals surface area contributed by atoms with Gasteiger partial charge in [0.25, 0.3) is 0 Å². The van der Waals surface area contributed by atoms with Crippen molar-refractivity contribution in [3.63, 3.8) is 0 Å². The van der Waals surface area contributed by atoms with Gasteiger partial charge in [0.15, 0.2) is 0 Å². The lowest BCUT2D eigenvalue weighted by Crippen LogP contribution is -2.17. The Morgan fingerprint density at radius 1 is 1.25 bits per heavy atom. The number of benzene rings is 1. The Morgan fingerprint density at radius 3 is 2.50 bits per heavy atom. The molecule has 0 bridgehead atoms. The van der Waals surface area contributed by atoms with E-state index in [9.17, 15) is 0 Å². The highest BCUT2D eigenvalue weighted by Gasteiger charge is 2.04. The van der Waals surface area contributed by atoms with Gasteiger partial charge in [-0.05, 0) is 43.0 Å². The van der Waals surface area contributed by atoms with Gasteiger partial charge in [0, 0.05) is 18.8 Å². The molecule has 0 aromatic heterocycles. The van der Waals surface area contributed by atoms with Crippen LogP contribution in [-0.4, -0.2) is 13.2 Å². The molecule has 90 valence electrons.